The molecule has 0 bridgehead atoms. The largest absolute Gasteiger partial charge is 0.318 e. The van der Waals surface area contributed by atoms with E-state index in [2.05, 4.69) is 20.9 Å². The van der Waals surface area contributed by atoms with E-state index < -0.39 is 0 Å². The van der Waals surface area contributed by atoms with Crippen molar-refractivity contribution in [1.82, 2.24) is 4.98 Å². The first kappa shape index (κ1) is 10.8. The van der Waals surface area contributed by atoms with Crippen LogP contribution < -0.4 is 5.73 Å². The standard InChI is InChI=1S/C11H11BrN2S/c1-7-6-14-11(15-7)10(13)8-4-2-3-5-9(8)12/h2-6,10H,13H2,1H3. The first-order valence-electron chi connectivity index (χ1n) is 4.61. The number of halogens is 1. The van der Waals surface area contributed by atoms with Crippen molar-refractivity contribution >= 4 is 27.3 Å². The zero-order valence-corrected chi connectivity index (χ0v) is 10.7. The molecule has 0 spiro atoms. The lowest BCUT2D eigenvalue weighted by Gasteiger charge is -2.10. The second-order valence-corrected chi connectivity index (χ2v) is 5.43. The van der Waals surface area contributed by atoms with E-state index in [9.17, 15) is 0 Å². The lowest BCUT2D eigenvalue weighted by molar-refractivity contribution is 0.852. The van der Waals surface area contributed by atoms with Crippen molar-refractivity contribution in [1.29, 1.82) is 0 Å². The van der Waals surface area contributed by atoms with Crippen LogP contribution >= 0.6 is 27.3 Å². The lowest BCUT2D eigenvalue weighted by atomic mass is 10.1. The normalized spacial score (nSPS) is 12.7. The molecule has 0 aliphatic carbocycles. The van der Waals surface area contributed by atoms with Gasteiger partial charge in [0.05, 0.1) is 6.04 Å². The number of aryl methyl sites for hydroxylation is 1. The van der Waals surface area contributed by atoms with Crippen molar-refractivity contribution in [2.45, 2.75) is 13.0 Å². The molecular weight excluding hydrogens is 272 g/mol. The molecule has 2 rings (SSSR count). The fraction of sp³-hybridized carbons (Fsp3) is 0.182. The van der Waals surface area contributed by atoms with Gasteiger partial charge >= 0.3 is 0 Å². The Kier molecular flexibility index (Phi) is 3.19. The van der Waals surface area contributed by atoms with Gasteiger partial charge < -0.3 is 5.73 Å². The van der Waals surface area contributed by atoms with Crippen LogP contribution in [-0.2, 0) is 0 Å². The molecule has 78 valence electrons. The highest BCUT2D eigenvalue weighted by molar-refractivity contribution is 9.10. The Morgan fingerprint density at radius 1 is 1.40 bits per heavy atom. The predicted octanol–water partition coefficient (Wildman–Crippen LogP) is 3.26. The number of rotatable bonds is 2. The highest BCUT2D eigenvalue weighted by Crippen LogP contribution is 2.28. The van der Waals surface area contributed by atoms with E-state index in [1.165, 1.54) is 4.88 Å². The Balaban J connectivity index is 2.36. The third-order valence-electron chi connectivity index (χ3n) is 2.15. The molecule has 4 heteroatoms. The molecule has 0 saturated heterocycles. The highest BCUT2D eigenvalue weighted by Gasteiger charge is 2.14. The average Bonchev–Trinajstić information content (AvgIpc) is 2.65. The van der Waals surface area contributed by atoms with Gasteiger partial charge in [-0.25, -0.2) is 4.98 Å². The van der Waals surface area contributed by atoms with Crippen LogP contribution in [0.15, 0.2) is 34.9 Å². The first-order valence-corrected chi connectivity index (χ1v) is 6.22. The molecule has 0 radical (unpaired) electrons. The zero-order valence-electron chi connectivity index (χ0n) is 8.27. The van der Waals surface area contributed by atoms with Gasteiger partial charge in [-0.15, -0.1) is 11.3 Å². The fourth-order valence-corrected chi connectivity index (χ4v) is 2.70. The Morgan fingerprint density at radius 3 is 2.73 bits per heavy atom. The van der Waals surface area contributed by atoms with Gasteiger partial charge in [0.15, 0.2) is 0 Å². The van der Waals surface area contributed by atoms with Gasteiger partial charge in [0.1, 0.15) is 5.01 Å². The van der Waals surface area contributed by atoms with Crippen molar-refractivity contribution < 1.29 is 0 Å². The molecule has 1 unspecified atom stereocenters. The second-order valence-electron chi connectivity index (χ2n) is 3.31. The lowest BCUT2D eigenvalue weighted by Crippen LogP contribution is -2.11. The van der Waals surface area contributed by atoms with E-state index in [4.69, 9.17) is 5.73 Å². The van der Waals surface area contributed by atoms with E-state index in [0.29, 0.717) is 0 Å². The summed E-state index contributed by atoms with van der Waals surface area (Å²) in [5.74, 6) is 0. The van der Waals surface area contributed by atoms with Gasteiger partial charge in [-0.3, -0.25) is 0 Å². The number of benzene rings is 1. The quantitative estimate of drug-likeness (QED) is 0.918. The predicted molar refractivity (Wildman–Crippen MR) is 67.0 cm³/mol. The third-order valence-corrected chi connectivity index (χ3v) is 3.86. The van der Waals surface area contributed by atoms with Gasteiger partial charge in [0.25, 0.3) is 0 Å². The van der Waals surface area contributed by atoms with E-state index in [0.717, 1.165) is 15.0 Å². The van der Waals surface area contributed by atoms with Crippen LogP contribution in [0.1, 0.15) is 21.5 Å². The number of nitrogens with two attached hydrogens (primary N) is 1. The van der Waals surface area contributed by atoms with Crippen molar-refractivity contribution in [2.75, 3.05) is 0 Å². The van der Waals surface area contributed by atoms with Crippen LogP contribution in [0.25, 0.3) is 0 Å². The maximum atomic E-state index is 6.15. The number of nitrogens with zero attached hydrogens (tertiary/aromatic N) is 1. The third kappa shape index (κ3) is 2.27. The average molecular weight is 283 g/mol. The number of thiazole rings is 1. The van der Waals surface area contributed by atoms with Gasteiger partial charge in [-0.1, -0.05) is 34.1 Å². The minimum atomic E-state index is -0.140. The van der Waals surface area contributed by atoms with Crippen LogP contribution in [-0.4, -0.2) is 4.98 Å². The Bertz CT molecular complexity index is 467. The maximum Gasteiger partial charge on any atom is 0.114 e. The van der Waals surface area contributed by atoms with Gasteiger partial charge in [-0.2, -0.15) is 0 Å². The van der Waals surface area contributed by atoms with Crippen LogP contribution in [0, 0.1) is 6.92 Å². The van der Waals surface area contributed by atoms with Crippen molar-refractivity contribution in [2.24, 2.45) is 5.73 Å². The topological polar surface area (TPSA) is 38.9 Å². The molecule has 1 aromatic heterocycles. The Morgan fingerprint density at radius 2 is 2.13 bits per heavy atom. The van der Waals surface area contributed by atoms with Crippen molar-refractivity contribution in [3.05, 3.63) is 50.4 Å². The number of aromatic nitrogens is 1. The van der Waals surface area contributed by atoms with E-state index in [-0.39, 0.29) is 6.04 Å². The minimum Gasteiger partial charge on any atom is -0.318 e. The summed E-state index contributed by atoms with van der Waals surface area (Å²) in [4.78, 5) is 5.49. The van der Waals surface area contributed by atoms with E-state index in [1.807, 2.05) is 37.4 Å². The summed E-state index contributed by atoms with van der Waals surface area (Å²) in [6, 6.07) is 7.84. The number of hydrogen-bond donors (Lipinski definition) is 1. The Labute approximate surface area is 101 Å². The summed E-state index contributed by atoms with van der Waals surface area (Å²) in [5.41, 5.74) is 7.22. The van der Waals surface area contributed by atoms with E-state index in [1.54, 1.807) is 11.3 Å². The molecule has 2 N–H and O–H groups in total. The summed E-state index contributed by atoms with van der Waals surface area (Å²) in [6.07, 6.45) is 1.86. The summed E-state index contributed by atoms with van der Waals surface area (Å²) in [5, 5.41) is 0.958. The maximum absolute atomic E-state index is 6.15. The molecule has 0 amide bonds. The summed E-state index contributed by atoms with van der Waals surface area (Å²) < 4.78 is 1.03. The van der Waals surface area contributed by atoms with Crippen LogP contribution in [0.3, 0.4) is 0 Å². The van der Waals surface area contributed by atoms with Crippen molar-refractivity contribution in [3.8, 4) is 0 Å². The number of hydrogen-bond acceptors (Lipinski definition) is 3. The van der Waals surface area contributed by atoms with Crippen molar-refractivity contribution in [3.63, 3.8) is 0 Å². The molecular formula is C11H11BrN2S. The molecule has 0 fully saturated rings. The summed E-state index contributed by atoms with van der Waals surface area (Å²) in [7, 11) is 0. The molecule has 15 heavy (non-hydrogen) atoms. The van der Waals surface area contributed by atoms with Gasteiger partial charge in [0.2, 0.25) is 0 Å². The summed E-state index contributed by atoms with van der Waals surface area (Å²) in [6.45, 7) is 2.04. The molecule has 0 saturated carbocycles. The SMILES string of the molecule is Cc1cnc(C(N)c2ccccc2Br)s1. The molecule has 1 heterocycles. The minimum absolute atomic E-state index is 0.140. The van der Waals surface area contributed by atoms with Crippen LogP contribution in [0.4, 0.5) is 0 Å². The molecule has 0 aliphatic heterocycles. The summed E-state index contributed by atoms with van der Waals surface area (Å²) >= 11 is 5.14. The molecule has 2 aromatic rings. The van der Waals surface area contributed by atoms with E-state index >= 15 is 0 Å². The monoisotopic (exact) mass is 282 g/mol. The fourth-order valence-electron chi connectivity index (χ4n) is 1.38. The van der Waals surface area contributed by atoms with Gasteiger partial charge in [0, 0.05) is 15.5 Å². The highest BCUT2D eigenvalue weighted by atomic mass is 79.9. The van der Waals surface area contributed by atoms with Crippen LogP contribution in [0.2, 0.25) is 0 Å². The van der Waals surface area contributed by atoms with Gasteiger partial charge in [-0.05, 0) is 18.6 Å². The Hall–Kier alpha value is -0.710. The molecule has 1 atom stereocenters. The zero-order chi connectivity index (χ0) is 10.8. The molecule has 2 nitrogen and oxygen atoms in total. The first-order chi connectivity index (χ1) is 7.18. The second kappa shape index (κ2) is 4.43. The smallest absolute Gasteiger partial charge is 0.114 e. The van der Waals surface area contributed by atoms with Crippen LogP contribution in [0.5, 0.6) is 0 Å². The molecule has 0 aliphatic rings. The molecule has 1 aromatic carbocycles.